The van der Waals surface area contributed by atoms with Crippen LogP contribution in [0.15, 0.2) is 65.6 Å². The van der Waals surface area contributed by atoms with E-state index in [2.05, 4.69) is 5.32 Å². The van der Waals surface area contributed by atoms with E-state index in [1.54, 1.807) is 0 Å². The molecule has 0 atom stereocenters. The summed E-state index contributed by atoms with van der Waals surface area (Å²) in [6.07, 6.45) is -7.99. The van der Waals surface area contributed by atoms with Gasteiger partial charge in [0.2, 0.25) is 0 Å². The number of alkyl halides is 6. The number of benzene rings is 2. The Hall–Kier alpha value is -3.27. The monoisotopic (exact) mass is 474 g/mol. The van der Waals surface area contributed by atoms with Crippen molar-refractivity contribution in [1.29, 1.82) is 0 Å². The van der Waals surface area contributed by atoms with E-state index in [0.717, 1.165) is 41.1 Å². The summed E-state index contributed by atoms with van der Waals surface area (Å²) in [6.45, 7) is -0.123. The number of carbonyl (C=O) groups is 1. The van der Waals surface area contributed by atoms with E-state index in [4.69, 9.17) is 11.6 Å². The summed E-state index contributed by atoms with van der Waals surface area (Å²) < 4.78 is 77.8. The highest BCUT2D eigenvalue weighted by atomic mass is 35.5. The van der Waals surface area contributed by atoms with Crippen LogP contribution in [0.25, 0.3) is 0 Å². The molecule has 1 amide bonds. The van der Waals surface area contributed by atoms with Gasteiger partial charge in [0.25, 0.3) is 11.5 Å². The molecule has 32 heavy (non-hydrogen) atoms. The Labute approximate surface area is 182 Å². The molecular formula is C21H13ClF6N2O2. The molecule has 1 heterocycles. The second kappa shape index (κ2) is 8.70. The fraction of sp³-hybridized carbons (Fsp3) is 0.143. The van der Waals surface area contributed by atoms with Crippen molar-refractivity contribution in [2.45, 2.75) is 18.9 Å². The van der Waals surface area contributed by atoms with E-state index >= 15 is 0 Å². The zero-order valence-corrected chi connectivity index (χ0v) is 16.6. The Balaban J connectivity index is 1.83. The average Bonchev–Trinajstić information content (AvgIpc) is 2.70. The van der Waals surface area contributed by atoms with Gasteiger partial charge in [0.1, 0.15) is 0 Å². The summed E-state index contributed by atoms with van der Waals surface area (Å²) in [6, 6.07) is 8.80. The summed E-state index contributed by atoms with van der Waals surface area (Å²) in [5.41, 5.74) is -2.35. The zero-order valence-electron chi connectivity index (χ0n) is 15.9. The van der Waals surface area contributed by atoms with Gasteiger partial charge in [0.15, 0.2) is 0 Å². The maximum atomic E-state index is 12.9. The van der Waals surface area contributed by atoms with Gasteiger partial charge in [0, 0.05) is 12.3 Å². The smallest absolute Gasteiger partial charge is 0.321 e. The van der Waals surface area contributed by atoms with Crippen LogP contribution in [-0.4, -0.2) is 10.5 Å². The number of pyridine rings is 1. The lowest BCUT2D eigenvalue weighted by molar-refractivity contribution is -0.138. The minimum absolute atomic E-state index is 0.0648. The highest BCUT2D eigenvalue weighted by molar-refractivity contribution is 6.34. The van der Waals surface area contributed by atoms with Crippen LogP contribution in [0.4, 0.5) is 32.0 Å². The normalized spacial score (nSPS) is 12.0. The first-order chi connectivity index (χ1) is 14.8. The van der Waals surface area contributed by atoms with Gasteiger partial charge in [-0.1, -0.05) is 23.7 Å². The van der Waals surface area contributed by atoms with Crippen LogP contribution in [-0.2, 0) is 18.9 Å². The molecule has 2 aromatic carbocycles. The Bertz CT molecular complexity index is 1200. The van der Waals surface area contributed by atoms with Gasteiger partial charge in [-0.25, -0.2) is 0 Å². The number of hydrogen-bond donors (Lipinski definition) is 1. The maximum absolute atomic E-state index is 12.9. The van der Waals surface area contributed by atoms with E-state index in [1.807, 2.05) is 0 Å². The lowest BCUT2D eigenvalue weighted by Crippen LogP contribution is -2.22. The van der Waals surface area contributed by atoms with Gasteiger partial charge < -0.3 is 9.88 Å². The molecule has 0 aliphatic carbocycles. The minimum atomic E-state index is -4.64. The molecule has 0 aliphatic rings. The molecule has 0 bridgehead atoms. The van der Waals surface area contributed by atoms with Crippen molar-refractivity contribution in [2.24, 2.45) is 0 Å². The molecule has 1 aromatic heterocycles. The van der Waals surface area contributed by atoms with Gasteiger partial charge in [-0.3, -0.25) is 9.59 Å². The Morgan fingerprint density at radius 3 is 2.06 bits per heavy atom. The molecular weight excluding hydrogens is 462 g/mol. The Kier molecular flexibility index (Phi) is 6.36. The number of anilines is 1. The number of aromatic nitrogens is 1. The average molecular weight is 475 g/mol. The standard InChI is InChI=1S/C21H13ClF6N2O2/c22-16-7-6-15(21(26,27)28)9-17(16)29-19(32)13-3-8-18(31)30(11-13)10-12-1-4-14(5-2-12)20(23,24)25/h1-9,11H,10H2,(H,29,32). The molecule has 4 nitrogen and oxygen atoms in total. The van der Waals surface area contributed by atoms with Gasteiger partial charge >= 0.3 is 12.4 Å². The summed E-state index contributed by atoms with van der Waals surface area (Å²) in [5.74, 6) is -0.826. The highest BCUT2D eigenvalue weighted by Crippen LogP contribution is 2.34. The van der Waals surface area contributed by atoms with Crippen LogP contribution in [0.5, 0.6) is 0 Å². The van der Waals surface area contributed by atoms with E-state index in [1.165, 1.54) is 18.2 Å². The van der Waals surface area contributed by atoms with Crippen molar-refractivity contribution in [3.05, 3.63) is 98.4 Å². The van der Waals surface area contributed by atoms with Gasteiger partial charge in [-0.15, -0.1) is 0 Å². The highest BCUT2D eigenvalue weighted by Gasteiger charge is 2.31. The number of halogens is 7. The van der Waals surface area contributed by atoms with Gasteiger partial charge in [0.05, 0.1) is 33.9 Å². The third-order valence-electron chi connectivity index (χ3n) is 4.42. The zero-order chi connectivity index (χ0) is 23.7. The molecule has 3 aromatic rings. The van der Waals surface area contributed by atoms with Crippen LogP contribution in [0.2, 0.25) is 5.02 Å². The Morgan fingerprint density at radius 2 is 1.47 bits per heavy atom. The lowest BCUT2D eigenvalue weighted by atomic mass is 10.1. The van der Waals surface area contributed by atoms with Gasteiger partial charge in [-0.05, 0) is 42.0 Å². The molecule has 0 fully saturated rings. The van der Waals surface area contributed by atoms with Crippen molar-refractivity contribution >= 4 is 23.2 Å². The van der Waals surface area contributed by atoms with Crippen molar-refractivity contribution in [3.8, 4) is 0 Å². The maximum Gasteiger partial charge on any atom is 0.416 e. The van der Waals surface area contributed by atoms with Crippen LogP contribution >= 0.6 is 11.6 Å². The van der Waals surface area contributed by atoms with Crippen molar-refractivity contribution in [1.82, 2.24) is 4.57 Å². The SMILES string of the molecule is O=C(Nc1cc(C(F)(F)F)ccc1Cl)c1ccc(=O)n(Cc2ccc(C(F)(F)F)cc2)c1. The number of rotatable bonds is 4. The van der Waals surface area contributed by atoms with Crippen molar-refractivity contribution in [3.63, 3.8) is 0 Å². The topological polar surface area (TPSA) is 51.1 Å². The first-order valence-corrected chi connectivity index (χ1v) is 9.27. The molecule has 0 saturated heterocycles. The fourth-order valence-electron chi connectivity index (χ4n) is 2.78. The number of nitrogens with one attached hydrogen (secondary N) is 1. The fourth-order valence-corrected chi connectivity index (χ4v) is 2.94. The largest absolute Gasteiger partial charge is 0.416 e. The molecule has 168 valence electrons. The summed E-state index contributed by atoms with van der Waals surface area (Å²) in [5, 5.41) is 2.14. The predicted molar refractivity (Wildman–Crippen MR) is 106 cm³/mol. The minimum Gasteiger partial charge on any atom is -0.321 e. The molecule has 0 saturated carbocycles. The number of nitrogens with zero attached hydrogens (tertiary/aromatic N) is 1. The van der Waals surface area contributed by atoms with E-state index < -0.39 is 34.9 Å². The molecule has 0 spiro atoms. The third-order valence-corrected chi connectivity index (χ3v) is 4.75. The molecule has 3 rings (SSSR count). The van der Waals surface area contributed by atoms with Crippen LogP contribution < -0.4 is 10.9 Å². The van der Waals surface area contributed by atoms with Crippen molar-refractivity contribution < 1.29 is 31.1 Å². The van der Waals surface area contributed by atoms with Crippen LogP contribution in [0, 0.1) is 0 Å². The summed E-state index contributed by atoms with van der Waals surface area (Å²) >= 11 is 5.87. The summed E-state index contributed by atoms with van der Waals surface area (Å²) in [7, 11) is 0. The molecule has 0 radical (unpaired) electrons. The van der Waals surface area contributed by atoms with Crippen LogP contribution in [0.1, 0.15) is 27.0 Å². The summed E-state index contributed by atoms with van der Waals surface area (Å²) in [4.78, 5) is 24.6. The van der Waals surface area contributed by atoms with Crippen molar-refractivity contribution in [2.75, 3.05) is 5.32 Å². The molecule has 1 N–H and O–H groups in total. The quantitative estimate of drug-likeness (QED) is 0.483. The first kappa shape index (κ1) is 23.4. The number of carbonyl (C=O) groups excluding carboxylic acids is 1. The molecule has 0 aliphatic heterocycles. The second-order valence-corrected chi connectivity index (χ2v) is 7.13. The molecule has 11 heteroatoms. The molecule has 0 unspecified atom stereocenters. The number of hydrogen-bond acceptors (Lipinski definition) is 2. The van der Waals surface area contributed by atoms with Gasteiger partial charge in [-0.2, -0.15) is 26.3 Å². The Morgan fingerprint density at radius 1 is 0.875 bits per heavy atom. The predicted octanol–water partition coefficient (Wildman–Crippen LogP) is 5.84. The second-order valence-electron chi connectivity index (χ2n) is 6.73. The van der Waals surface area contributed by atoms with E-state index in [9.17, 15) is 35.9 Å². The van der Waals surface area contributed by atoms with E-state index in [0.29, 0.717) is 11.6 Å². The van der Waals surface area contributed by atoms with Crippen LogP contribution in [0.3, 0.4) is 0 Å². The lowest BCUT2D eigenvalue weighted by Gasteiger charge is -2.13. The third kappa shape index (κ3) is 5.50. The first-order valence-electron chi connectivity index (χ1n) is 8.89. The number of amides is 1. The van der Waals surface area contributed by atoms with E-state index in [-0.39, 0.29) is 22.8 Å².